The predicted octanol–water partition coefficient (Wildman–Crippen LogP) is 5.73. The Labute approximate surface area is 382 Å². The fraction of sp³-hybridized carbons (Fsp3) is 0.408. The number of hydrogen-bond donors (Lipinski definition) is 3. The Balaban J connectivity index is 0.851. The van der Waals surface area contributed by atoms with Crippen LogP contribution < -0.4 is 25.2 Å². The van der Waals surface area contributed by atoms with Crippen molar-refractivity contribution >= 4 is 57.2 Å². The number of rotatable bonds is 12. The van der Waals surface area contributed by atoms with E-state index in [0.29, 0.717) is 85.3 Å². The molecule has 6 heterocycles. The summed E-state index contributed by atoms with van der Waals surface area (Å²) < 4.78 is 39.6. The summed E-state index contributed by atoms with van der Waals surface area (Å²) in [6, 6.07) is 16.5. The van der Waals surface area contributed by atoms with E-state index in [2.05, 4.69) is 59.7 Å². The molecule has 1 atom stereocenters. The minimum Gasteiger partial charge on any atom is -0.495 e. The molecule has 9 rings (SSSR count). The van der Waals surface area contributed by atoms with Crippen LogP contribution in [-0.2, 0) is 20.9 Å². The lowest BCUT2D eigenvalue weighted by Gasteiger charge is -2.44. The van der Waals surface area contributed by atoms with Gasteiger partial charge in [-0.25, -0.2) is 8.78 Å². The van der Waals surface area contributed by atoms with Crippen molar-refractivity contribution in [3.8, 4) is 16.9 Å². The van der Waals surface area contributed by atoms with E-state index in [-0.39, 0.29) is 36.2 Å². The van der Waals surface area contributed by atoms with Crippen LogP contribution in [0.3, 0.4) is 0 Å². The van der Waals surface area contributed by atoms with Crippen LogP contribution in [0.2, 0.25) is 0 Å². The highest BCUT2D eigenvalue weighted by Gasteiger charge is 2.32. The number of piperazine rings is 1. The third-order valence-electron chi connectivity index (χ3n) is 13.5. The van der Waals surface area contributed by atoms with Crippen molar-refractivity contribution in [2.24, 2.45) is 0 Å². The molecular weight excluding hydrogens is 847 g/mol. The van der Waals surface area contributed by atoms with Gasteiger partial charge >= 0.3 is 0 Å². The zero-order valence-electron chi connectivity index (χ0n) is 37.6. The normalized spacial score (nSPS) is 18.7. The van der Waals surface area contributed by atoms with Gasteiger partial charge in [-0.1, -0.05) is 18.2 Å². The maximum atomic E-state index is 16.6. The quantitative estimate of drug-likeness (QED) is 0.133. The number of aryl methyl sites for hydroxylation is 1. The molecule has 4 aliphatic heterocycles. The van der Waals surface area contributed by atoms with Gasteiger partial charge in [0.05, 0.1) is 24.0 Å². The highest BCUT2D eigenvalue weighted by Crippen LogP contribution is 2.39. The summed E-state index contributed by atoms with van der Waals surface area (Å²) in [5, 5.41) is 10.2. The number of methoxy groups -OCH3 is 1. The first-order valence-electron chi connectivity index (χ1n) is 22.8. The Bertz CT molecular complexity index is 2650. The van der Waals surface area contributed by atoms with E-state index in [4.69, 9.17) is 4.74 Å². The van der Waals surface area contributed by atoms with Gasteiger partial charge in [0, 0.05) is 133 Å². The Morgan fingerprint density at radius 1 is 0.924 bits per heavy atom. The summed E-state index contributed by atoms with van der Waals surface area (Å²) in [4.78, 5) is 63.6. The summed E-state index contributed by atoms with van der Waals surface area (Å²) in [7, 11) is 4.85. The first-order chi connectivity index (χ1) is 31.9. The number of aromatic amines is 1. The van der Waals surface area contributed by atoms with Gasteiger partial charge in [-0.05, 0) is 72.7 Å². The molecule has 4 amide bonds. The average molecular weight is 903 g/mol. The molecule has 3 aromatic carbocycles. The zero-order chi connectivity index (χ0) is 46.1. The van der Waals surface area contributed by atoms with Crippen LogP contribution in [0.15, 0.2) is 73.1 Å². The average Bonchev–Trinajstić information content (AvgIpc) is 4.04. The van der Waals surface area contributed by atoms with E-state index in [1.807, 2.05) is 24.4 Å². The van der Waals surface area contributed by atoms with E-state index >= 15 is 8.78 Å². The number of nitrogens with zero attached hydrogens (tertiary/aromatic N) is 7. The molecule has 3 fully saturated rings. The lowest BCUT2D eigenvalue weighted by Crippen LogP contribution is -2.53. The number of amides is 4. The smallest absolute Gasteiger partial charge is 0.269 e. The second-order valence-electron chi connectivity index (χ2n) is 17.7. The number of imide groups is 1. The second kappa shape index (κ2) is 19.0. The van der Waals surface area contributed by atoms with Crippen molar-refractivity contribution in [1.82, 2.24) is 34.8 Å². The van der Waals surface area contributed by atoms with E-state index in [0.717, 1.165) is 61.4 Å². The number of piperidine rings is 2. The fourth-order valence-corrected chi connectivity index (χ4v) is 9.80. The maximum absolute atomic E-state index is 16.6. The monoisotopic (exact) mass is 902 g/mol. The van der Waals surface area contributed by atoms with Crippen molar-refractivity contribution in [3.63, 3.8) is 0 Å². The largest absolute Gasteiger partial charge is 0.495 e. The molecule has 346 valence electrons. The molecule has 0 saturated carbocycles. The molecule has 0 radical (unpaired) electrons. The Kier molecular flexibility index (Phi) is 12.8. The molecule has 3 N–H and O–H groups in total. The number of benzene rings is 3. The number of fused-ring (bicyclic) bond motifs is 1. The molecule has 0 bridgehead atoms. The second-order valence-corrected chi connectivity index (χ2v) is 17.7. The molecular formula is C49H56F2N10O5. The Hall–Kier alpha value is -6.75. The van der Waals surface area contributed by atoms with Gasteiger partial charge in [0.2, 0.25) is 17.7 Å². The molecule has 5 aromatic rings. The number of anilines is 3. The van der Waals surface area contributed by atoms with Crippen LogP contribution in [0.1, 0.15) is 54.6 Å². The Morgan fingerprint density at radius 2 is 1.70 bits per heavy atom. The Morgan fingerprint density at radius 3 is 2.39 bits per heavy atom. The molecule has 15 nitrogen and oxygen atoms in total. The van der Waals surface area contributed by atoms with Gasteiger partial charge in [0.25, 0.3) is 5.91 Å². The zero-order valence-corrected chi connectivity index (χ0v) is 37.6. The minimum atomic E-state index is -0.651. The molecule has 17 heteroatoms. The molecule has 66 heavy (non-hydrogen) atoms. The molecule has 2 aromatic heterocycles. The van der Waals surface area contributed by atoms with E-state index in [9.17, 15) is 19.2 Å². The van der Waals surface area contributed by atoms with Crippen molar-refractivity contribution in [2.75, 3.05) is 88.7 Å². The summed E-state index contributed by atoms with van der Waals surface area (Å²) in [6.45, 7) is 6.16. The van der Waals surface area contributed by atoms with E-state index in [1.54, 1.807) is 42.0 Å². The van der Waals surface area contributed by atoms with Crippen LogP contribution in [0.4, 0.5) is 25.8 Å². The first kappa shape index (κ1) is 44.5. The summed E-state index contributed by atoms with van der Waals surface area (Å²) in [5.74, 6) is -1.43. The standard InChI is InChI=1S/C49H56F2N10O5/c1-56(2)49(65)41-27-37-35(26-36(46(51)47(37)54-41)32-6-4-17-60(30-32)45(63)15-21-61-18-5-16-52-61)31-7-9-33(10-8-31)57-22-24-58(25-23-57)34-13-19-59(20-14-34)42-29-43(66-3)40(28-38(42)50)53-39-11-12-44(62)55-48(39)64/h5-10,16,18,26-29,34,39,53-54H,4,11-15,17,19-25,30H2,1-3H3,(H,55,62,64). The lowest BCUT2D eigenvalue weighted by molar-refractivity contribution is -0.134. The van der Waals surface area contributed by atoms with Crippen molar-refractivity contribution in [2.45, 2.75) is 57.2 Å². The molecule has 4 aliphatic rings. The van der Waals surface area contributed by atoms with Gasteiger partial charge in [-0.2, -0.15) is 5.10 Å². The third-order valence-corrected chi connectivity index (χ3v) is 13.5. The number of ether oxygens (including phenoxy) is 1. The summed E-state index contributed by atoms with van der Waals surface area (Å²) in [5.41, 5.74) is 5.28. The molecule has 3 saturated heterocycles. The van der Waals surface area contributed by atoms with Crippen molar-refractivity contribution in [3.05, 3.63) is 96.0 Å². The number of carbonyl (C=O) groups is 4. The van der Waals surface area contributed by atoms with Gasteiger partial charge in [-0.3, -0.25) is 34.1 Å². The van der Waals surface area contributed by atoms with Crippen molar-refractivity contribution in [1.29, 1.82) is 0 Å². The highest BCUT2D eigenvalue weighted by molar-refractivity contribution is 6.05. The molecule has 0 spiro atoms. The highest BCUT2D eigenvalue weighted by atomic mass is 19.1. The summed E-state index contributed by atoms with van der Waals surface area (Å²) >= 11 is 0. The van der Waals surface area contributed by atoms with Crippen LogP contribution >= 0.6 is 0 Å². The molecule has 1 unspecified atom stereocenters. The SMILES string of the molecule is COc1cc(N2CCC(N3CCN(c4ccc(-c5cc(C6=CCCN(C(=O)CCn7cccn7)C6)c(F)c6[nH]c(C(=O)N(C)C)cc56)cc4)CC3)CC2)c(F)cc1NC1CCC(=O)NC1=O. The number of H-pyrrole nitrogens is 1. The number of nitrogens with one attached hydrogen (secondary N) is 3. The van der Waals surface area contributed by atoms with Crippen LogP contribution in [0.5, 0.6) is 5.75 Å². The van der Waals surface area contributed by atoms with Gasteiger partial charge < -0.3 is 34.6 Å². The first-order valence-corrected chi connectivity index (χ1v) is 22.8. The van der Waals surface area contributed by atoms with Gasteiger partial charge in [0.1, 0.15) is 23.3 Å². The molecule has 0 aliphatic carbocycles. The third kappa shape index (κ3) is 9.21. The number of carbonyl (C=O) groups excluding carboxylic acids is 4. The van der Waals surface area contributed by atoms with E-state index in [1.165, 1.54) is 18.1 Å². The maximum Gasteiger partial charge on any atom is 0.269 e. The van der Waals surface area contributed by atoms with Crippen LogP contribution in [-0.4, -0.2) is 139 Å². The van der Waals surface area contributed by atoms with Gasteiger partial charge in [0.15, 0.2) is 5.82 Å². The number of aromatic nitrogens is 3. The lowest BCUT2D eigenvalue weighted by atomic mass is 9.93. The van der Waals surface area contributed by atoms with Crippen molar-refractivity contribution < 1.29 is 32.7 Å². The van der Waals surface area contributed by atoms with E-state index < -0.39 is 23.6 Å². The number of hydrogen-bond acceptors (Lipinski definition) is 10. The minimum absolute atomic E-state index is 0.0151. The van der Waals surface area contributed by atoms with Crippen LogP contribution in [0, 0.1) is 11.6 Å². The van der Waals surface area contributed by atoms with Gasteiger partial charge in [-0.15, -0.1) is 0 Å². The van der Waals surface area contributed by atoms with Crippen LogP contribution in [0.25, 0.3) is 27.6 Å². The number of halogens is 2. The predicted molar refractivity (Wildman–Crippen MR) is 249 cm³/mol. The fourth-order valence-electron chi connectivity index (χ4n) is 9.80. The topological polar surface area (TPSA) is 151 Å². The summed E-state index contributed by atoms with van der Waals surface area (Å²) in [6.07, 6.45) is 8.73.